The Bertz CT molecular complexity index is 1280. The van der Waals surface area contributed by atoms with Gasteiger partial charge in [-0.3, -0.25) is 4.79 Å². The summed E-state index contributed by atoms with van der Waals surface area (Å²) in [4.78, 5) is 13.2. The molecule has 0 saturated heterocycles. The first-order chi connectivity index (χ1) is 17.1. The summed E-state index contributed by atoms with van der Waals surface area (Å²) < 4.78 is 22.9. The molecule has 0 bridgehead atoms. The number of fused-ring (bicyclic) bond motifs is 1. The van der Waals surface area contributed by atoms with Crippen LogP contribution in [-0.2, 0) is 11.4 Å². The molecule has 1 atom stereocenters. The van der Waals surface area contributed by atoms with Gasteiger partial charge in [-0.15, -0.1) is 0 Å². The number of hydrogen-bond acceptors (Lipinski definition) is 6. The van der Waals surface area contributed by atoms with E-state index < -0.39 is 0 Å². The minimum absolute atomic E-state index is 0.173. The zero-order chi connectivity index (χ0) is 24.4. The third kappa shape index (κ3) is 4.32. The van der Waals surface area contributed by atoms with Gasteiger partial charge in [-0.05, 0) is 47.7 Å². The van der Waals surface area contributed by atoms with Gasteiger partial charge in [0, 0.05) is 35.4 Å². The van der Waals surface area contributed by atoms with E-state index in [0.717, 1.165) is 46.5 Å². The molecule has 3 aromatic rings. The first-order valence-electron chi connectivity index (χ1n) is 11.8. The van der Waals surface area contributed by atoms with Crippen LogP contribution in [0.1, 0.15) is 41.9 Å². The molecule has 1 N–H and O–H groups in total. The monoisotopic (exact) mass is 471 g/mol. The number of anilines is 1. The van der Waals surface area contributed by atoms with E-state index in [1.165, 1.54) is 0 Å². The lowest BCUT2D eigenvalue weighted by Gasteiger charge is -2.34. The second-order valence-electron chi connectivity index (χ2n) is 8.71. The molecule has 1 aliphatic carbocycles. The summed E-state index contributed by atoms with van der Waals surface area (Å²) in [5.74, 6) is 2.48. The number of allylic oxidation sites excluding steroid dienone is 2. The van der Waals surface area contributed by atoms with Gasteiger partial charge in [-0.2, -0.15) is 0 Å². The highest BCUT2D eigenvalue weighted by molar-refractivity contribution is 6.01. The van der Waals surface area contributed by atoms with Crippen LogP contribution < -0.4 is 24.3 Å². The average molecular weight is 472 g/mol. The topological polar surface area (TPSA) is 66.0 Å². The van der Waals surface area contributed by atoms with E-state index in [9.17, 15) is 4.79 Å². The Kier molecular flexibility index (Phi) is 6.36. The van der Waals surface area contributed by atoms with Crippen molar-refractivity contribution in [3.63, 3.8) is 0 Å². The number of Topliss-reactive ketones (excluding diaryl/α,β-unsaturated/α-hetero) is 1. The molecule has 1 aliphatic heterocycles. The molecule has 0 unspecified atom stereocenters. The standard InChI is InChI=1S/C29H29NO5/c1-32-24-13-12-19(14-27(24)35-17-18-8-5-4-6-9-18)28-20-15-25(33-2)26(34-3)16-22(20)30-21-10-7-11-23(31)29(21)28/h4-6,8-9,12-16,28,30H,7,10-11,17H2,1-3H3/t28-/m1/s1. The Balaban J connectivity index is 1.61. The largest absolute Gasteiger partial charge is 0.493 e. The van der Waals surface area contributed by atoms with E-state index in [1.54, 1.807) is 21.3 Å². The van der Waals surface area contributed by atoms with E-state index in [4.69, 9.17) is 18.9 Å². The van der Waals surface area contributed by atoms with Gasteiger partial charge in [0.25, 0.3) is 0 Å². The molecule has 5 rings (SSSR count). The van der Waals surface area contributed by atoms with Crippen molar-refractivity contribution in [2.45, 2.75) is 31.8 Å². The van der Waals surface area contributed by atoms with Gasteiger partial charge in [0.15, 0.2) is 28.8 Å². The number of hydrogen-bond donors (Lipinski definition) is 1. The van der Waals surface area contributed by atoms with Crippen molar-refractivity contribution >= 4 is 11.5 Å². The third-order valence-electron chi connectivity index (χ3n) is 6.66. The van der Waals surface area contributed by atoms with Gasteiger partial charge in [-0.1, -0.05) is 36.4 Å². The van der Waals surface area contributed by atoms with Crippen LogP contribution in [0.3, 0.4) is 0 Å². The predicted octanol–water partition coefficient (Wildman–Crippen LogP) is 5.86. The van der Waals surface area contributed by atoms with Crippen LogP contribution in [0.5, 0.6) is 23.0 Å². The molecule has 180 valence electrons. The first kappa shape index (κ1) is 22.8. The lowest BCUT2D eigenvalue weighted by molar-refractivity contribution is -0.116. The highest BCUT2D eigenvalue weighted by Crippen LogP contribution is 2.49. The Morgan fingerprint density at radius 1 is 0.829 bits per heavy atom. The minimum atomic E-state index is -0.251. The lowest BCUT2D eigenvalue weighted by Crippen LogP contribution is -2.27. The van der Waals surface area contributed by atoms with Crippen molar-refractivity contribution in [1.29, 1.82) is 0 Å². The number of nitrogens with one attached hydrogen (secondary N) is 1. The smallest absolute Gasteiger partial charge is 0.162 e. The fourth-order valence-corrected chi connectivity index (χ4v) is 4.96. The molecular formula is C29H29NO5. The summed E-state index contributed by atoms with van der Waals surface area (Å²) in [7, 11) is 4.88. The molecule has 0 amide bonds. The van der Waals surface area contributed by atoms with Gasteiger partial charge < -0.3 is 24.3 Å². The number of ketones is 1. The second-order valence-corrected chi connectivity index (χ2v) is 8.71. The molecule has 0 radical (unpaired) electrons. The quantitative estimate of drug-likeness (QED) is 0.466. The van der Waals surface area contributed by atoms with Crippen LogP contribution in [0.2, 0.25) is 0 Å². The van der Waals surface area contributed by atoms with Crippen molar-refractivity contribution in [1.82, 2.24) is 0 Å². The Morgan fingerprint density at radius 2 is 1.57 bits per heavy atom. The molecule has 0 fully saturated rings. The summed E-state index contributed by atoms with van der Waals surface area (Å²) in [6.45, 7) is 0.418. The van der Waals surface area contributed by atoms with E-state index in [0.29, 0.717) is 36.0 Å². The SMILES string of the molecule is COc1cc2c(cc1OC)[C@@H](c1ccc(OC)c(OCc3ccccc3)c1)C1=C(CCCC1=O)N2. The molecule has 35 heavy (non-hydrogen) atoms. The maximum atomic E-state index is 13.2. The van der Waals surface area contributed by atoms with Gasteiger partial charge in [0.05, 0.1) is 21.3 Å². The van der Waals surface area contributed by atoms with Crippen molar-refractivity contribution in [2.24, 2.45) is 0 Å². The zero-order valence-electron chi connectivity index (χ0n) is 20.2. The number of carbonyl (C=O) groups is 1. The first-order valence-corrected chi connectivity index (χ1v) is 11.8. The summed E-state index contributed by atoms with van der Waals surface area (Å²) in [5.41, 5.74) is 5.71. The second kappa shape index (κ2) is 9.74. The molecule has 0 aromatic heterocycles. The maximum Gasteiger partial charge on any atom is 0.162 e. The Labute approximate surface area is 205 Å². The molecule has 6 heteroatoms. The molecule has 2 aliphatic rings. The van der Waals surface area contributed by atoms with Crippen molar-refractivity contribution < 1.29 is 23.7 Å². The van der Waals surface area contributed by atoms with E-state index in [1.807, 2.05) is 60.7 Å². The summed E-state index contributed by atoms with van der Waals surface area (Å²) in [6, 6.07) is 19.8. The van der Waals surface area contributed by atoms with Crippen LogP contribution in [0.4, 0.5) is 5.69 Å². The van der Waals surface area contributed by atoms with E-state index in [-0.39, 0.29) is 11.7 Å². The lowest BCUT2D eigenvalue weighted by atomic mass is 9.75. The molecule has 0 spiro atoms. The molecule has 0 saturated carbocycles. The van der Waals surface area contributed by atoms with E-state index in [2.05, 4.69) is 5.32 Å². The van der Waals surface area contributed by atoms with Crippen LogP contribution in [-0.4, -0.2) is 27.1 Å². The molecule has 6 nitrogen and oxygen atoms in total. The fraction of sp³-hybridized carbons (Fsp3) is 0.276. The van der Waals surface area contributed by atoms with Gasteiger partial charge >= 0.3 is 0 Å². The fourth-order valence-electron chi connectivity index (χ4n) is 4.96. The normalized spacial score (nSPS) is 16.7. The zero-order valence-corrected chi connectivity index (χ0v) is 20.2. The average Bonchev–Trinajstić information content (AvgIpc) is 2.90. The number of carbonyl (C=O) groups excluding carboxylic acids is 1. The highest BCUT2D eigenvalue weighted by Gasteiger charge is 2.36. The van der Waals surface area contributed by atoms with Crippen LogP contribution in [0.15, 0.2) is 71.9 Å². The number of rotatable bonds is 7. The van der Waals surface area contributed by atoms with E-state index >= 15 is 0 Å². The van der Waals surface area contributed by atoms with Crippen LogP contribution in [0, 0.1) is 0 Å². The summed E-state index contributed by atoms with van der Waals surface area (Å²) in [5, 5.41) is 3.51. The summed E-state index contributed by atoms with van der Waals surface area (Å²) in [6.07, 6.45) is 2.22. The Morgan fingerprint density at radius 3 is 2.31 bits per heavy atom. The molecule has 1 heterocycles. The van der Waals surface area contributed by atoms with Crippen LogP contribution in [0.25, 0.3) is 0 Å². The number of benzene rings is 3. The third-order valence-corrected chi connectivity index (χ3v) is 6.66. The highest BCUT2D eigenvalue weighted by atomic mass is 16.5. The van der Waals surface area contributed by atoms with Crippen molar-refractivity contribution in [3.8, 4) is 23.0 Å². The maximum absolute atomic E-state index is 13.2. The number of ether oxygens (including phenoxy) is 4. The van der Waals surface area contributed by atoms with Crippen molar-refractivity contribution in [3.05, 3.63) is 88.6 Å². The predicted molar refractivity (Wildman–Crippen MR) is 135 cm³/mol. The number of methoxy groups -OCH3 is 3. The van der Waals surface area contributed by atoms with Gasteiger partial charge in [-0.25, -0.2) is 0 Å². The van der Waals surface area contributed by atoms with Crippen molar-refractivity contribution in [2.75, 3.05) is 26.6 Å². The minimum Gasteiger partial charge on any atom is -0.493 e. The molecular weight excluding hydrogens is 442 g/mol. The van der Waals surface area contributed by atoms with Gasteiger partial charge in [0.1, 0.15) is 6.61 Å². The van der Waals surface area contributed by atoms with Gasteiger partial charge in [0.2, 0.25) is 0 Å². The Hall–Kier alpha value is -3.93. The summed E-state index contributed by atoms with van der Waals surface area (Å²) >= 11 is 0. The van der Waals surface area contributed by atoms with Crippen LogP contribution >= 0.6 is 0 Å². The molecule has 3 aromatic carbocycles.